The molecule has 1 amide bonds. The fourth-order valence-electron chi connectivity index (χ4n) is 1.51. The van der Waals surface area contributed by atoms with Crippen molar-refractivity contribution in [2.24, 2.45) is 0 Å². The molecule has 2 aromatic rings. The van der Waals surface area contributed by atoms with E-state index in [1.165, 1.54) is 12.1 Å². The number of hydrogen-bond acceptors (Lipinski definition) is 2. The molecular formula is C14H9Cl4NO2. The number of nitrogens with one attached hydrogen (secondary N) is 1. The molecular weight excluding hydrogens is 356 g/mol. The molecule has 0 saturated heterocycles. The monoisotopic (exact) mass is 363 g/mol. The highest BCUT2D eigenvalue weighted by molar-refractivity contribution is 6.43. The highest BCUT2D eigenvalue weighted by Crippen LogP contribution is 2.33. The number of para-hydroxylation sites is 1. The van der Waals surface area contributed by atoms with E-state index in [4.69, 9.17) is 51.1 Å². The summed E-state index contributed by atoms with van der Waals surface area (Å²) >= 11 is 23.6. The molecule has 0 aliphatic carbocycles. The molecule has 0 radical (unpaired) electrons. The average molecular weight is 365 g/mol. The van der Waals surface area contributed by atoms with Gasteiger partial charge in [-0.25, -0.2) is 0 Å². The van der Waals surface area contributed by atoms with Crippen LogP contribution in [0.15, 0.2) is 36.4 Å². The highest BCUT2D eigenvalue weighted by Gasteiger charge is 2.10. The van der Waals surface area contributed by atoms with Gasteiger partial charge in [0.05, 0.1) is 25.8 Å². The number of carbonyl (C=O) groups excluding carboxylic acids is 1. The van der Waals surface area contributed by atoms with Gasteiger partial charge in [0.15, 0.2) is 6.61 Å². The quantitative estimate of drug-likeness (QED) is 0.745. The Morgan fingerprint density at radius 1 is 0.952 bits per heavy atom. The summed E-state index contributed by atoms with van der Waals surface area (Å²) in [4.78, 5) is 11.8. The normalized spacial score (nSPS) is 10.3. The average Bonchev–Trinajstić information content (AvgIpc) is 2.44. The summed E-state index contributed by atoms with van der Waals surface area (Å²) in [5.41, 5.74) is 0.507. The number of anilines is 1. The number of rotatable bonds is 4. The minimum atomic E-state index is -0.370. The number of amides is 1. The second-order valence-electron chi connectivity index (χ2n) is 4.01. The predicted octanol–water partition coefficient (Wildman–Crippen LogP) is 5.32. The molecule has 0 heterocycles. The minimum Gasteiger partial charge on any atom is -0.482 e. The van der Waals surface area contributed by atoms with Crippen LogP contribution in [-0.4, -0.2) is 12.5 Å². The molecule has 0 spiro atoms. The van der Waals surface area contributed by atoms with E-state index in [1.54, 1.807) is 24.3 Å². The van der Waals surface area contributed by atoms with Crippen molar-refractivity contribution >= 4 is 58.0 Å². The maximum absolute atomic E-state index is 11.8. The molecule has 2 aromatic carbocycles. The first-order valence-electron chi connectivity index (χ1n) is 5.79. The van der Waals surface area contributed by atoms with Crippen molar-refractivity contribution in [3.63, 3.8) is 0 Å². The number of halogens is 4. The van der Waals surface area contributed by atoms with Gasteiger partial charge in [-0.1, -0.05) is 58.5 Å². The fourth-order valence-corrected chi connectivity index (χ4v) is 2.28. The third-order valence-electron chi connectivity index (χ3n) is 2.48. The molecule has 7 heteroatoms. The van der Waals surface area contributed by atoms with Gasteiger partial charge in [-0.2, -0.15) is 0 Å². The van der Waals surface area contributed by atoms with Crippen molar-refractivity contribution in [1.29, 1.82) is 0 Å². The van der Waals surface area contributed by atoms with Gasteiger partial charge in [-0.15, -0.1) is 0 Å². The zero-order valence-electron chi connectivity index (χ0n) is 10.5. The van der Waals surface area contributed by atoms with Gasteiger partial charge in [-0.3, -0.25) is 4.79 Å². The summed E-state index contributed by atoms with van der Waals surface area (Å²) in [6.45, 7) is -0.233. The highest BCUT2D eigenvalue weighted by atomic mass is 35.5. The van der Waals surface area contributed by atoms with E-state index in [0.29, 0.717) is 20.8 Å². The Morgan fingerprint density at radius 3 is 2.33 bits per heavy atom. The molecule has 2 rings (SSSR count). The Hall–Kier alpha value is -1.13. The number of ether oxygens (including phenoxy) is 1. The van der Waals surface area contributed by atoms with Crippen LogP contribution in [0, 0.1) is 0 Å². The van der Waals surface area contributed by atoms with E-state index in [-0.39, 0.29) is 23.3 Å². The van der Waals surface area contributed by atoms with Gasteiger partial charge in [0.1, 0.15) is 5.75 Å². The van der Waals surface area contributed by atoms with E-state index in [1.807, 2.05) is 0 Å². The van der Waals surface area contributed by atoms with Crippen LogP contribution in [0.3, 0.4) is 0 Å². The first-order valence-corrected chi connectivity index (χ1v) is 7.30. The van der Waals surface area contributed by atoms with E-state index in [9.17, 15) is 4.79 Å². The lowest BCUT2D eigenvalue weighted by Crippen LogP contribution is -2.20. The number of hydrogen-bond donors (Lipinski definition) is 1. The van der Waals surface area contributed by atoms with Gasteiger partial charge >= 0.3 is 0 Å². The molecule has 0 fully saturated rings. The van der Waals surface area contributed by atoms with Crippen molar-refractivity contribution in [3.8, 4) is 5.75 Å². The van der Waals surface area contributed by atoms with Crippen LogP contribution in [0.2, 0.25) is 20.1 Å². The summed E-state index contributed by atoms with van der Waals surface area (Å²) in [5, 5.41) is 3.95. The van der Waals surface area contributed by atoms with Crippen molar-refractivity contribution < 1.29 is 9.53 Å². The smallest absolute Gasteiger partial charge is 0.262 e. The van der Waals surface area contributed by atoms with Gasteiger partial charge < -0.3 is 10.1 Å². The van der Waals surface area contributed by atoms with Gasteiger partial charge in [-0.05, 0) is 18.2 Å². The topological polar surface area (TPSA) is 38.3 Å². The molecule has 0 aliphatic heterocycles. The van der Waals surface area contributed by atoms with E-state index in [0.717, 1.165) is 0 Å². The number of carbonyl (C=O) groups is 1. The third kappa shape index (κ3) is 4.42. The zero-order chi connectivity index (χ0) is 15.4. The first kappa shape index (κ1) is 16.2. The molecule has 3 nitrogen and oxygen atoms in total. The molecule has 0 saturated carbocycles. The SMILES string of the molecule is O=C(COc1cc(Cl)c(Cl)cc1Cl)Nc1ccccc1Cl. The van der Waals surface area contributed by atoms with Crippen LogP contribution >= 0.6 is 46.4 Å². The lowest BCUT2D eigenvalue weighted by molar-refractivity contribution is -0.118. The van der Waals surface area contributed by atoms with Crippen LogP contribution in [0.25, 0.3) is 0 Å². The Kier molecular flexibility index (Phi) is 5.59. The molecule has 0 aliphatic rings. The van der Waals surface area contributed by atoms with Crippen LogP contribution in [0.5, 0.6) is 5.75 Å². The van der Waals surface area contributed by atoms with E-state index in [2.05, 4.69) is 5.32 Å². The van der Waals surface area contributed by atoms with Crippen molar-refractivity contribution in [2.75, 3.05) is 11.9 Å². The molecule has 1 N–H and O–H groups in total. The van der Waals surface area contributed by atoms with Crippen LogP contribution in [-0.2, 0) is 4.79 Å². The van der Waals surface area contributed by atoms with Crippen LogP contribution < -0.4 is 10.1 Å². The Balaban J connectivity index is 1.99. The molecule has 0 bridgehead atoms. The lowest BCUT2D eigenvalue weighted by atomic mass is 10.3. The maximum Gasteiger partial charge on any atom is 0.262 e. The van der Waals surface area contributed by atoms with E-state index < -0.39 is 0 Å². The molecule has 0 unspecified atom stereocenters. The summed E-state index contributed by atoms with van der Waals surface area (Å²) in [5.74, 6) is -0.0920. The number of benzene rings is 2. The summed E-state index contributed by atoms with van der Waals surface area (Å²) < 4.78 is 5.32. The predicted molar refractivity (Wildman–Crippen MR) is 87.0 cm³/mol. The maximum atomic E-state index is 11.8. The van der Waals surface area contributed by atoms with Crippen LogP contribution in [0.1, 0.15) is 0 Å². The summed E-state index contributed by atoms with van der Waals surface area (Å²) in [6.07, 6.45) is 0. The van der Waals surface area contributed by atoms with Crippen molar-refractivity contribution in [1.82, 2.24) is 0 Å². The third-order valence-corrected chi connectivity index (χ3v) is 3.83. The fraction of sp³-hybridized carbons (Fsp3) is 0.0714. The summed E-state index contributed by atoms with van der Waals surface area (Å²) in [7, 11) is 0. The standard InChI is InChI=1S/C14H9Cl4NO2/c15-8-3-1-2-4-12(8)19-14(20)7-21-13-6-10(17)9(16)5-11(13)18/h1-6H,7H2,(H,19,20). The van der Waals surface area contributed by atoms with Gasteiger partial charge in [0, 0.05) is 6.07 Å². The minimum absolute atomic E-state index is 0.233. The van der Waals surface area contributed by atoms with Gasteiger partial charge in [0.25, 0.3) is 5.91 Å². The van der Waals surface area contributed by atoms with Crippen molar-refractivity contribution in [2.45, 2.75) is 0 Å². The molecule has 110 valence electrons. The van der Waals surface area contributed by atoms with Gasteiger partial charge in [0.2, 0.25) is 0 Å². The molecule has 21 heavy (non-hydrogen) atoms. The second kappa shape index (κ2) is 7.23. The Morgan fingerprint density at radius 2 is 1.62 bits per heavy atom. The Labute approximate surface area is 141 Å². The summed E-state index contributed by atoms with van der Waals surface area (Å²) in [6, 6.07) is 9.80. The Bertz CT molecular complexity index is 676. The lowest BCUT2D eigenvalue weighted by Gasteiger charge is -2.10. The largest absolute Gasteiger partial charge is 0.482 e. The molecule has 0 atom stereocenters. The first-order chi connectivity index (χ1) is 9.97. The molecule has 0 aromatic heterocycles. The van der Waals surface area contributed by atoms with Crippen LogP contribution in [0.4, 0.5) is 5.69 Å². The van der Waals surface area contributed by atoms with E-state index >= 15 is 0 Å². The second-order valence-corrected chi connectivity index (χ2v) is 5.64. The zero-order valence-corrected chi connectivity index (χ0v) is 13.5. The van der Waals surface area contributed by atoms with Crippen molar-refractivity contribution in [3.05, 3.63) is 56.5 Å².